The molecule has 0 aromatic heterocycles. The third kappa shape index (κ3) is 10.9. The lowest BCUT2D eigenvalue weighted by atomic mass is 10.1. The highest BCUT2D eigenvalue weighted by molar-refractivity contribution is 5.66. The Bertz CT molecular complexity index is 274. The van der Waals surface area contributed by atoms with E-state index in [0.29, 0.717) is 25.7 Å². The number of aliphatic carboxylic acids is 2. The number of carboxylic acids is 2. The maximum atomic E-state index is 10.5. The van der Waals surface area contributed by atoms with Crippen molar-refractivity contribution in [1.29, 1.82) is 0 Å². The van der Waals surface area contributed by atoms with Gasteiger partial charge in [0.05, 0.1) is 0 Å². The van der Waals surface area contributed by atoms with Crippen LogP contribution in [0.3, 0.4) is 0 Å². The minimum absolute atomic E-state index is 0.0891. The zero-order valence-corrected chi connectivity index (χ0v) is 7.95. The van der Waals surface area contributed by atoms with E-state index in [-0.39, 0.29) is 12.8 Å². The number of hydrogen-bond acceptors (Lipinski definition) is 2. The first-order valence-electron chi connectivity index (χ1n) is 6.56. The summed E-state index contributed by atoms with van der Waals surface area (Å²) in [6.45, 7) is 0. The molecule has 0 aromatic rings. The topological polar surface area (TPSA) is 74.6 Å². The van der Waals surface area contributed by atoms with Crippen molar-refractivity contribution in [3.8, 4) is 0 Å². The molecule has 0 unspecified atom stereocenters. The quantitative estimate of drug-likeness (QED) is 0.567. The van der Waals surface area contributed by atoms with E-state index in [1.54, 1.807) is 0 Å². The van der Waals surface area contributed by atoms with Gasteiger partial charge in [-0.3, -0.25) is 9.59 Å². The van der Waals surface area contributed by atoms with Gasteiger partial charge in [-0.25, -0.2) is 0 Å². The largest absolute Gasteiger partial charge is 0.481 e. The van der Waals surface area contributed by atoms with E-state index >= 15 is 0 Å². The first-order valence-corrected chi connectivity index (χ1v) is 4.56. The maximum absolute atomic E-state index is 10.5. The van der Waals surface area contributed by atoms with Gasteiger partial charge in [-0.1, -0.05) is 25.7 Å². The molecule has 0 fully saturated rings. The van der Waals surface area contributed by atoms with E-state index in [0.717, 1.165) is 0 Å². The normalized spacial score (nSPS) is 16.3. The predicted molar refractivity (Wildman–Crippen MR) is 52.2 cm³/mol. The number of unbranched alkanes of at least 4 members (excludes halogenated alkanes) is 3. The van der Waals surface area contributed by atoms with E-state index in [9.17, 15) is 9.59 Å². The van der Waals surface area contributed by atoms with Gasteiger partial charge in [0, 0.05) is 18.2 Å². The molecule has 0 aromatic carbocycles. The Morgan fingerprint density at radius 1 is 0.786 bits per heavy atom. The van der Waals surface area contributed by atoms with Crippen molar-refractivity contribution < 1.29 is 25.3 Å². The summed E-state index contributed by atoms with van der Waals surface area (Å²) in [7, 11) is 0. The van der Waals surface area contributed by atoms with Crippen molar-refractivity contribution in [2.75, 3.05) is 0 Å². The number of carbonyl (C=O) groups is 2. The van der Waals surface area contributed by atoms with Crippen LogP contribution in [-0.2, 0) is 9.59 Å². The molecule has 0 aliphatic carbocycles. The maximum Gasteiger partial charge on any atom is 0.303 e. The number of hydrogen-bond donors (Lipinski definition) is 2. The molecule has 0 rings (SSSR count). The van der Waals surface area contributed by atoms with E-state index in [1.165, 1.54) is 0 Å². The Balaban J connectivity index is 3.71. The highest BCUT2D eigenvalue weighted by Gasteiger charge is 1.98. The molecule has 2 N–H and O–H groups in total. The lowest BCUT2D eigenvalue weighted by Gasteiger charge is -1.98. The lowest BCUT2D eigenvalue weighted by molar-refractivity contribution is -0.138. The molecule has 0 aliphatic heterocycles. The van der Waals surface area contributed by atoms with Gasteiger partial charge >= 0.3 is 11.9 Å². The highest BCUT2D eigenvalue weighted by atomic mass is 16.4. The predicted octanol–water partition coefficient (Wildman–Crippen LogP) is 2.28. The molecule has 0 atom stereocenters. The zero-order valence-electron chi connectivity index (χ0n) is 12.0. The lowest BCUT2D eigenvalue weighted by Crippen LogP contribution is -1.94. The summed E-state index contributed by atoms with van der Waals surface area (Å²) in [5.74, 6) is -2.96. The molecule has 0 amide bonds. The molecular weight excluding hydrogens is 184 g/mol. The Kier molecular flexibility index (Phi) is 4.43. The van der Waals surface area contributed by atoms with Gasteiger partial charge < -0.3 is 10.2 Å². The first-order chi connectivity index (χ1) is 8.09. The number of rotatable bonds is 9. The number of carboxylic acid groups (broad SMARTS) is 2. The van der Waals surface area contributed by atoms with Crippen LogP contribution in [-0.4, -0.2) is 22.2 Å². The SMILES string of the molecule is [2H]C([2H])(CCCCCCC([2H])([2H])C(=O)O)C(=O)O. The summed E-state index contributed by atoms with van der Waals surface area (Å²) in [4.78, 5) is 20.9. The second-order valence-electron chi connectivity index (χ2n) is 2.88. The molecule has 0 radical (unpaired) electrons. The van der Waals surface area contributed by atoms with Crippen molar-refractivity contribution in [3.63, 3.8) is 0 Å². The Morgan fingerprint density at radius 3 is 1.36 bits per heavy atom. The van der Waals surface area contributed by atoms with Crippen LogP contribution in [0.1, 0.15) is 56.8 Å². The van der Waals surface area contributed by atoms with Gasteiger partial charge in [-0.2, -0.15) is 0 Å². The second-order valence-corrected chi connectivity index (χ2v) is 2.88. The van der Waals surface area contributed by atoms with Crippen LogP contribution in [0.4, 0.5) is 0 Å². The average molecular weight is 206 g/mol. The Morgan fingerprint density at radius 2 is 1.07 bits per heavy atom. The third-order valence-corrected chi connectivity index (χ3v) is 1.66. The van der Waals surface area contributed by atoms with Crippen LogP contribution in [0.25, 0.3) is 0 Å². The smallest absolute Gasteiger partial charge is 0.303 e. The average Bonchev–Trinajstić information content (AvgIpc) is 2.22. The van der Waals surface area contributed by atoms with Crippen LogP contribution in [0.2, 0.25) is 0 Å². The van der Waals surface area contributed by atoms with Crippen LogP contribution in [0.5, 0.6) is 0 Å². The van der Waals surface area contributed by atoms with E-state index in [1.807, 2.05) is 0 Å². The molecule has 0 heterocycles. The van der Waals surface area contributed by atoms with Crippen molar-refractivity contribution >= 4 is 11.9 Å². The van der Waals surface area contributed by atoms with Gasteiger partial charge in [-0.05, 0) is 12.8 Å². The summed E-state index contributed by atoms with van der Waals surface area (Å²) >= 11 is 0. The molecule has 82 valence electrons. The standard InChI is InChI=1S/C10H18O4/c11-9(12)7-5-3-1-2-4-6-8-10(13)14/h1-8H2,(H,11,12)(H,13,14)/i7D2,8D2. The van der Waals surface area contributed by atoms with Crippen molar-refractivity contribution in [2.24, 2.45) is 0 Å². The Hall–Kier alpha value is -1.06. The minimum atomic E-state index is -2.23. The fourth-order valence-electron chi connectivity index (χ4n) is 0.994. The molecule has 14 heavy (non-hydrogen) atoms. The summed E-state index contributed by atoms with van der Waals surface area (Å²) < 4.78 is 28.6. The van der Waals surface area contributed by atoms with Gasteiger partial charge in [0.15, 0.2) is 0 Å². The van der Waals surface area contributed by atoms with Crippen molar-refractivity contribution in [1.82, 2.24) is 0 Å². The van der Waals surface area contributed by atoms with E-state index in [4.69, 9.17) is 15.7 Å². The fraction of sp³-hybridized carbons (Fsp3) is 0.800. The Labute approximate surface area is 89.6 Å². The molecule has 0 saturated heterocycles. The molecule has 0 aliphatic rings. The summed E-state index contributed by atoms with van der Waals surface area (Å²) in [5, 5.41) is 17.0. The molecule has 0 bridgehead atoms. The van der Waals surface area contributed by atoms with E-state index in [2.05, 4.69) is 0 Å². The second kappa shape index (κ2) is 8.53. The summed E-state index contributed by atoms with van der Waals surface area (Å²) in [6.07, 6.45) is -2.75. The summed E-state index contributed by atoms with van der Waals surface area (Å²) in [5.41, 5.74) is 0. The first kappa shape index (κ1) is 7.26. The van der Waals surface area contributed by atoms with Crippen molar-refractivity contribution in [3.05, 3.63) is 0 Å². The molecule has 4 heteroatoms. The molecule has 0 saturated carbocycles. The van der Waals surface area contributed by atoms with E-state index < -0.39 is 24.7 Å². The zero-order chi connectivity index (χ0) is 14.4. The van der Waals surface area contributed by atoms with Gasteiger partial charge in [-0.15, -0.1) is 0 Å². The third-order valence-electron chi connectivity index (χ3n) is 1.66. The van der Waals surface area contributed by atoms with Crippen LogP contribution < -0.4 is 0 Å². The van der Waals surface area contributed by atoms with Crippen LogP contribution >= 0.6 is 0 Å². The fourth-order valence-corrected chi connectivity index (χ4v) is 0.994. The van der Waals surface area contributed by atoms with Gasteiger partial charge in [0.1, 0.15) is 0 Å². The van der Waals surface area contributed by atoms with Gasteiger partial charge in [0.25, 0.3) is 0 Å². The van der Waals surface area contributed by atoms with Gasteiger partial charge in [0.2, 0.25) is 0 Å². The molecular formula is C10H18O4. The van der Waals surface area contributed by atoms with Crippen LogP contribution in [0.15, 0.2) is 0 Å². The molecule has 4 nitrogen and oxygen atoms in total. The molecule has 0 spiro atoms. The monoisotopic (exact) mass is 206 g/mol. The van der Waals surface area contributed by atoms with Crippen LogP contribution in [0, 0.1) is 0 Å². The highest BCUT2D eigenvalue weighted by Crippen LogP contribution is 2.08. The van der Waals surface area contributed by atoms with Crippen molar-refractivity contribution in [2.45, 2.75) is 51.3 Å². The minimum Gasteiger partial charge on any atom is -0.481 e. The summed E-state index contributed by atoms with van der Waals surface area (Å²) in [6, 6.07) is 0.